The molecule has 0 fully saturated rings. The Balaban J connectivity index is 1.54. The second kappa shape index (κ2) is 10.1. The van der Waals surface area contributed by atoms with Crippen LogP contribution in [0.2, 0.25) is 0 Å². The Morgan fingerprint density at radius 2 is 1.48 bits per heavy atom. The first-order valence-electron chi connectivity index (χ1n) is 9.23. The highest BCUT2D eigenvalue weighted by Crippen LogP contribution is 2.21. The van der Waals surface area contributed by atoms with Gasteiger partial charge in [0.2, 0.25) is 0 Å². The number of ether oxygens (including phenoxy) is 1. The Hall–Kier alpha value is -3.64. The van der Waals surface area contributed by atoms with Gasteiger partial charge in [-0.05, 0) is 35.4 Å². The lowest BCUT2D eigenvalue weighted by Crippen LogP contribution is -2.21. The molecule has 3 aromatic carbocycles. The average Bonchev–Trinajstić information content (AvgIpc) is 2.77. The van der Waals surface area contributed by atoms with Gasteiger partial charge < -0.3 is 20.5 Å². The van der Waals surface area contributed by atoms with Crippen molar-refractivity contribution in [2.45, 2.75) is 0 Å². The molecule has 0 saturated carbocycles. The van der Waals surface area contributed by atoms with Gasteiger partial charge in [0.15, 0.2) is 6.61 Å². The predicted octanol–water partition coefficient (Wildman–Crippen LogP) is 3.55. The Morgan fingerprint density at radius 1 is 0.828 bits per heavy atom. The molecule has 0 radical (unpaired) electrons. The van der Waals surface area contributed by atoms with Crippen LogP contribution in [-0.4, -0.2) is 36.7 Å². The van der Waals surface area contributed by atoms with Gasteiger partial charge in [-0.25, -0.2) is 4.79 Å². The van der Waals surface area contributed by atoms with Crippen LogP contribution in [0.1, 0.15) is 10.4 Å². The summed E-state index contributed by atoms with van der Waals surface area (Å²) in [7, 11) is 0. The topological polar surface area (TPSA) is 87.7 Å². The van der Waals surface area contributed by atoms with Gasteiger partial charge >= 0.3 is 5.97 Å². The number of carbonyl (C=O) groups excluding carboxylic acids is 2. The van der Waals surface area contributed by atoms with Crippen molar-refractivity contribution in [1.82, 2.24) is 0 Å². The fourth-order valence-electron chi connectivity index (χ4n) is 2.79. The van der Waals surface area contributed by atoms with E-state index in [-0.39, 0.29) is 6.61 Å². The van der Waals surface area contributed by atoms with Crippen molar-refractivity contribution in [3.63, 3.8) is 0 Å². The summed E-state index contributed by atoms with van der Waals surface area (Å²) in [5.74, 6) is -1.03. The first-order chi connectivity index (χ1) is 14.2. The SMILES string of the molecule is O=C(COC(=O)c1ccccc1NCCO)Nc1ccc(-c2ccccc2)cc1. The molecule has 6 heteroatoms. The van der Waals surface area contributed by atoms with Crippen LogP contribution in [-0.2, 0) is 9.53 Å². The number of amides is 1. The zero-order valence-electron chi connectivity index (χ0n) is 15.8. The lowest BCUT2D eigenvalue weighted by Gasteiger charge is -2.11. The molecule has 29 heavy (non-hydrogen) atoms. The minimum Gasteiger partial charge on any atom is -0.452 e. The van der Waals surface area contributed by atoms with E-state index in [2.05, 4.69) is 10.6 Å². The number of hydrogen-bond donors (Lipinski definition) is 3. The van der Waals surface area contributed by atoms with Gasteiger partial charge in [-0.1, -0.05) is 54.6 Å². The highest BCUT2D eigenvalue weighted by molar-refractivity contribution is 5.98. The number of nitrogens with one attached hydrogen (secondary N) is 2. The largest absolute Gasteiger partial charge is 0.452 e. The molecule has 0 aromatic heterocycles. The Bertz CT molecular complexity index is 956. The van der Waals surface area contributed by atoms with Gasteiger partial charge in [0.25, 0.3) is 5.91 Å². The van der Waals surface area contributed by atoms with Crippen LogP contribution in [0.5, 0.6) is 0 Å². The highest BCUT2D eigenvalue weighted by Gasteiger charge is 2.14. The zero-order valence-corrected chi connectivity index (χ0v) is 15.8. The number of hydrogen-bond acceptors (Lipinski definition) is 5. The summed E-state index contributed by atoms with van der Waals surface area (Å²) in [4.78, 5) is 24.4. The van der Waals surface area contributed by atoms with Crippen LogP contribution in [0.25, 0.3) is 11.1 Å². The molecule has 0 bridgehead atoms. The Labute approximate surface area is 169 Å². The number of carbonyl (C=O) groups is 2. The molecule has 0 aliphatic carbocycles. The first-order valence-corrected chi connectivity index (χ1v) is 9.23. The van der Waals surface area contributed by atoms with Crippen LogP contribution in [0.3, 0.4) is 0 Å². The molecule has 0 aliphatic heterocycles. The number of benzene rings is 3. The van der Waals surface area contributed by atoms with Gasteiger partial charge in [0.05, 0.1) is 12.2 Å². The van der Waals surface area contributed by atoms with E-state index in [0.29, 0.717) is 23.5 Å². The number of anilines is 2. The van der Waals surface area contributed by atoms with Crippen molar-refractivity contribution in [3.8, 4) is 11.1 Å². The third kappa shape index (κ3) is 5.67. The van der Waals surface area contributed by atoms with E-state index >= 15 is 0 Å². The van der Waals surface area contributed by atoms with Crippen molar-refractivity contribution < 1.29 is 19.4 Å². The zero-order chi connectivity index (χ0) is 20.5. The van der Waals surface area contributed by atoms with E-state index in [9.17, 15) is 9.59 Å². The van der Waals surface area contributed by atoms with Crippen LogP contribution in [0.4, 0.5) is 11.4 Å². The highest BCUT2D eigenvalue weighted by atomic mass is 16.5. The normalized spacial score (nSPS) is 10.2. The van der Waals surface area contributed by atoms with Gasteiger partial charge in [-0.3, -0.25) is 4.79 Å². The van der Waals surface area contributed by atoms with Crippen LogP contribution < -0.4 is 10.6 Å². The second-order valence-electron chi connectivity index (χ2n) is 6.26. The fraction of sp³-hybridized carbons (Fsp3) is 0.130. The molecule has 0 spiro atoms. The lowest BCUT2D eigenvalue weighted by atomic mass is 10.1. The van der Waals surface area contributed by atoms with Crippen LogP contribution >= 0.6 is 0 Å². The molecule has 3 rings (SSSR count). The van der Waals surface area contributed by atoms with Crippen LogP contribution in [0.15, 0.2) is 78.9 Å². The standard InChI is InChI=1S/C23H22N2O4/c26-15-14-24-21-9-5-4-8-20(21)23(28)29-16-22(27)25-19-12-10-18(11-13-19)17-6-2-1-3-7-17/h1-13,24,26H,14-16H2,(H,25,27). The van der Waals surface area contributed by atoms with E-state index < -0.39 is 18.5 Å². The molecule has 0 saturated heterocycles. The molecule has 0 heterocycles. The molecule has 148 valence electrons. The van der Waals surface area contributed by atoms with E-state index in [1.807, 2.05) is 42.5 Å². The smallest absolute Gasteiger partial charge is 0.340 e. The summed E-state index contributed by atoms with van der Waals surface area (Å²) in [5.41, 5.74) is 3.61. The molecule has 1 amide bonds. The van der Waals surface area contributed by atoms with Gasteiger partial charge in [0.1, 0.15) is 0 Å². The van der Waals surface area contributed by atoms with E-state index in [1.54, 1.807) is 36.4 Å². The Kier molecular flexibility index (Phi) is 6.97. The number of esters is 1. The monoisotopic (exact) mass is 390 g/mol. The molecule has 3 N–H and O–H groups in total. The summed E-state index contributed by atoms with van der Waals surface area (Å²) in [6.45, 7) is -0.147. The molecular weight excluding hydrogens is 368 g/mol. The van der Waals surface area contributed by atoms with Crippen molar-refractivity contribution >= 4 is 23.3 Å². The van der Waals surface area contributed by atoms with Crippen molar-refractivity contribution in [1.29, 1.82) is 0 Å². The van der Waals surface area contributed by atoms with E-state index in [1.165, 1.54) is 0 Å². The third-order valence-electron chi connectivity index (χ3n) is 4.18. The molecular formula is C23H22N2O4. The molecule has 0 atom stereocenters. The molecule has 0 unspecified atom stereocenters. The number of aliphatic hydroxyl groups excluding tert-OH is 1. The number of rotatable bonds is 8. The minimum absolute atomic E-state index is 0.0607. The Morgan fingerprint density at radius 3 is 2.21 bits per heavy atom. The van der Waals surface area contributed by atoms with Gasteiger partial charge in [-0.2, -0.15) is 0 Å². The predicted molar refractivity (Wildman–Crippen MR) is 113 cm³/mol. The summed E-state index contributed by atoms with van der Waals surface area (Å²) >= 11 is 0. The second-order valence-corrected chi connectivity index (χ2v) is 6.26. The summed E-state index contributed by atoms with van der Waals surface area (Å²) in [6.07, 6.45) is 0. The number of aliphatic hydroxyl groups is 1. The summed E-state index contributed by atoms with van der Waals surface area (Å²) in [6, 6.07) is 24.1. The average molecular weight is 390 g/mol. The maximum atomic E-state index is 12.3. The third-order valence-corrected chi connectivity index (χ3v) is 4.18. The maximum absolute atomic E-state index is 12.3. The van der Waals surface area contributed by atoms with Gasteiger partial charge in [0, 0.05) is 17.9 Å². The summed E-state index contributed by atoms with van der Waals surface area (Å²) < 4.78 is 5.12. The number of para-hydroxylation sites is 1. The van der Waals surface area contributed by atoms with Crippen molar-refractivity contribution in [2.24, 2.45) is 0 Å². The van der Waals surface area contributed by atoms with E-state index in [0.717, 1.165) is 11.1 Å². The quantitative estimate of drug-likeness (QED) is 0.512. The van der Waals surface area contributed by atoms with E-state index in [4.69, 9.17) is 9.84 Å². The lowest BCUT2D eigenvalue weighted by molar-refractivity contribution is -0.119. The molecule has 3 aromatic rings. The summed E-state index contributed by atoms with van der Waals surface area (Å²) in [5, 5.41) is 14.6. The maximum Gasteiger partial charge on any atom is 0.340 e. The fourth-order valence-corrected chi connectivity index (χ4v) is 2.79. The molecule has 6 nitrogen and oxygen atoms in total. The first kappa shape index (κ1) is 20.1. The van der Waals surface area contributed by atoms with Crippen molar-refractivity contribution in [3.05, 3.63) is 84.4 Å². The molecule has 0 aliphatic rings. The van der Waals surface area contributed by atoms with Gasteiger partial charge in [-0.15, -0.1) is 0 Å². The minimum atomic E-state index is -0.611. The van der Waals surface area contributed by atoms with Crippen LogP contribution in [0, 0.1) is 0 Å². The van der Waals surface area contributed by atoms with Crippen molar-refractivity contribution in [2.75, 3.05) is 30.4 Å².